The minimum Gasteiger partial charge on any atom is -0.495 e. The zero-order valence-electron chi connectivity index (χ0n) is 20.3. The van der Waals surface area contributed by atoms with Crippen LogP contribution in [0.25, 0.3) is 16.5 Å². The Kier molecular flexibility index (Phi) is 6.84. The number of anilines is 1. The molecule has 182 valence electrons. The van der Waals surface area contributed by atoms with Gasteiger partial charge in [-0.2, -0.15) is 9.78 Å². The first-order valence-corrected chi connectivity index (χ1v) is 11.6. The van der Waals surface area contributed by atoms with Gasteiger partial charge in [-0.15, -0.1) is 0 Å². The molecule has 0 saturated heterocycles. The Morgan fingerprint density at radius 2 is 1.77 bits per heavy atom. The smallest absolute Gasteiger partial charge is 0.281 e. The summed E-state index contributed by atoms with van der Waals surface area (Å²) >= 11 is 6.28. The maximum Gasteiger partial charge on any atom is 0.281 e. The number of carbonyl (C=O) groups excluding carboxylic acids is 1. The number of rotatable bonds is 7. The predicted octanol–water partition coefficient (Wildman–Crippen LogP) is 5.06. The summed E-state index contributed by atoms with van der Waals surface area (Å²) in [5.41, 5.74) is 2.38. The minimum absolute atomic E-state index is 0.230. The number of nitrogens with one attached hydrogen (secondary N) is 1. The second kappa shape index (κ2) is 9.84. The predicted molar refractivity (Wildman–Crippen MR) is 137 cm³/mol. The third-order valence-electron chi connectivity index (χ3n) is 6.19. The van der Waals surface area contributed by atoms with E-state index >= 15 is 0 Å². The molecular formula is C26H27ClN4O4. The molecule has 1 atom stereocenters. The molecule has 0 aliphatic carbocycles. The zero-order valence-corrected chi connectivity index (χ0v) is 21.0. The number of aromatic nitrogens is 3. The van der Waals surface area contributed by atoms with Crippen molar-refractivity contribution in [1.29, 1.82) is 0 Å². The van der Waals surface area contributed by atoms with Crippen LogP contribution < -0.4 is 20.3 Å². The van der Waals surface area contributed by atoms with Crippen LogP contribution in [-0.4, -0.2) is 34.5 Å². The maximum absolute atomic E-state index is 13.5. The Morgan fingerprint density at radius 1 is 1.09 bits per heavy atom. The highest BCUT2D eigenvalue weighted by atomic mass is 35.5. The Morgan fingerprint density at radius 3 is 2.40 bits per heavy atom. The first-order chi connectivity index (χ1) is 16.8. The van der Waals surface area contributed by atoms with Crippen LogP contribution >= 0.6 is 11.6 Å². The van der Waals surface area contributed by atoms with Gasteiger partial charge in [-0.3, -0.25) is 9.59 Å². The normalized spacial score (nSPS) is 11.9. The van der Waals surface area contributed by atoms with Crippen molar-refractivity contribution in [2.75, 3.05) is 19.5 Å². The van der Waals surface area contributed by atoms with E-state index in [1.807, 2.05) is 55.7 Å². The van der Waals surface area contributed by atoms with Crippen LogP contribution in [0.3, 0.4) is 0 Å². The van der Waals surface area contributed by atoms with Gasteiger partial charge in [0.25, 0.3) is 5.56 Å². The van der Waals surface area contributed by atoms with E-state index in [9.17, 15) is 9.59 Å². The molecule has 2 aromatic heterocycles. The number of amides is 1. The number of hydrogen-bond donors (Lipinski definition) is 1. The molecule has 0 fully saturated rings. The lowest BCUT2D eigenvalue weighted by Gasteiger charge is -2.22. The Hall–Kier alpha value is -3.78. The van der Waals surface area contributed by atoms with Gasteiger partial charge in [0.15, 0.2) is 0 Å². The number of ether oxygens (including phenoxy) is 2. The molecule has 8 nitrogen and oxygen atoms in total. The highest BCUT2D eigenvalue weighted by Crippen LogP contribution is 2.37. The van der Waals surface area contributed by atoms with Gasteiger partial charge in [0, 0.05) is 22.8 Å². The molecule has 4 rings (SSSR count). The molecule has 0 bridgehead atoms. The molecule has 0 aliphatic heterocycles. The van der Waals surface area contributed by atoms with Gasteiger partial charge in [0.1, 0.15) is 17.5 Å². The van der Waals surface area contributed by atoms with Crippen LogP contribution in [0.5, 0.6) is 11.5 Å². The molecule has 0 radical (unpaired) electrons. The van der Waals surface area contributed by atoms with Crippen molar-refractivity contribution in [2.45, 2.75) is 33.2 Å². The summed E-state index contributed by atoms with van der Waals surface area (Å²) in [6.07, 6.45) is 2.18. The van der Waals surface area contributed by atoms with Crippen molar-refractivity contribution >= 4 is 34.0 Å². The van der Waals surface area contributed by atoms with Crippen molar-refractivity contribution in [1.82, 2.24) is 14.3 Å². The molecular weight excluding hydrogens is 468 g/mol. The highest BCUT2D eigenvalue weighted by molar-refractivity contribution is 6.32. The van der Waals surface area contributed by atoms with E-state index in [0.717, 1.165) is 11.1 Å². The van der Waals surface area contributed by atoms with Gasteiger partial charge in [-0.25, -0.2) is 0 Å². The third kappa shape index (κ3) is 4.25. The zero-order chi connectivity index (χ0) is 25.3. The maximum atomic E-state index is 13.5. The first kappa shape index (κ1) is 24.3. The number of hydrogen-bond acceptors (Lipinski definition) is 5. The van der Waals surface area contributed by atoms with Crippen molar-refractivity contribution < 1.29 is 14.3 Å². The quantitative estimate of drug-likeness (QED) is 0.388. The van der Waals surface area contributed by atoms with Crippen LogP contribution in [0, 0.1) is 13.8 Å². The van der Waals surface area contributed by atoms with Gasteiger partial charge in [0.2, 0.25) is 5.91 Å². The van der Waals surface area contributed by atoms with Gasteiger partial charge < -0.3 is 19.4 Å². The number of carbonyl (C=O) groups is 1. The monoisotopic (exact) mass is 494 g/mol. The molecule has 0 spiro atoms. The molecule has 1 unspecified atom stereocenters. The average molecular weight is 495 g/mol. The number of methoxy groups -OCH3 is 2. The summed E-state index contributed by atoms with van der Waals surface area (Å²) in [5, 5.41) is 8.92. The van der Waals surface area contributed by atoms with E-state index in [2.05, 4.69) is 10.4 Å². The van der Waals surface area contributed by atoms with Crippen LogP contribution in [-0.2, 0) is 4.79 Å². The SMILES string of the molecule is CCC(C(=O)Nc1cc(Cl)c(OC)cc1OC)n1c(C)c2cnn(-c3ccccc3)c(=O)c2c1C. The lowest BCUT2D eigenvalue weighted by atomic mass is 10.1. The molecule has 9 heteroatoms. The van der Waals surface area contributed by atoms with Crippen LogP contribution in [0.4, 0.5) is 5.69 Å². The van der Waals surface area contributed by atoms with Gasteiger partial charge >= 0.3 is 0 Å². The number of benzene rings is 2. The fraction of sp³-hybridized carbons (Fsp3) is 0.269. The van der Waals surface area contributed by atoms with Crippen molar-refractivity contribution in [2.24, 2.45) is 0 Å². The second-order valence-electron chi connectivity index (χ2n) is 8.13. The average Bonchev–Trinajstić information content (AvgIpc) is 3.11. The molecule has 0 saturated carbocycles. The van der Waals surface area contributed by atoms with Gasteiger partial charge in [0.05, 0.1) is 42.2 Å². The van der Waals surface area contributed by atoms with E-state index < -0.39 is 6.04 Å². The van der Waals surface area contributed by atoms with Gasteiger partial charge in [-0.05, 0) is 38.5 Å². The van der Waals surface area contributed by atoms with Crippen LogP contribution in [0.15, 0.2) is 53.5 Å². The van der Waals surface area contributed by atoms with E-state index in [4.69, 9.17) is 21.1 Å². The lowest BCUT2D eigenvalue weighted by Crippen LogP contribution is -2.27. The summed E-state index contributed by atoms with van der Waals surface area (Å²) in [6.45, 7) is 5.67. The molecule has 0 aliphatic rings. The molecule has 2 heterocycles. The van der Waals surface area contributed by atoms with Crippen molar-refractivity contribution in [3.8, 4) is 17.2 Å². The van der Waals surface area contributed by atoms with Crippen LogP contribution in [0.2, 0.25) is 5.02 Å². The van der Waals surface area contributed by atoms with Gasteiger partial charge in [-0.1, -0.05) is 36.7 Å². The number of halogens is 1. The number of fused-ring (bicyclic) bond motifs is 1. The molecule has 4 aromatic rings. The van der Waals surface area contributed by atoms with Crippen molar-refractivity contribution in [3.05, 3.63) is 75.4 Å². The van der Waals surface area contributed by atoms with E-state index in [0.29, 0.717) is 45.4 Å². The molecule has 35 heavy (non-hydrogen) atoms. The lowest BCUT2D eigenvalue weighted by molar-refractivity contribution is -0.119. The largest absolute Gasteiger partial charge is 0.495 e. The minimum atomic E-state index is -0.572. The molecule has 1 N–H and O–H groups in total. The Bertz CT molecular complexity index is 1460. The van der Waals surface area contributed by atoms with Crippen LogP contribution in [0.1, 0.15) is 30.8 Å². The fourth-order valence-corrected chi connectivity index (χ4v) is 4.70. The second-order valence-corrected chi connectivity index (χ2v) is 8.53. The Labute approximate surface area is 208 Å². The number of aryl methyl sites for hydroxylation is 2. The van der Waals surface area contributed by atoms with E-state index in [1.54, 1.807) is 18.3 Å². The highest BCUT2D eigenvalue weighted by Gasteiger charge is 2.26. The number of nitrogens with zero attached hydrogens (tertiary/aromatic N) is 3. The standard InChI is InChI=1S/C26H27ClN4O4/c1-6-21(25(32)29-20-12-19(27)22(34-4)13-23(20)35-5)30-15(2)18-14-28-31(17-10-8-7-9-11-17)26(33)24(18)16(30)3/h7-14,21H,6H2,1-5H3,(H,29,32). The summed E-state index contributed by atoms with van der Waals surface area (Å²) in [5.74, 6) is 0.615. The number of para-hydroxylation sites is 1. The summed E-state index contributed by atoms with van der Waals surface area (Å²) < 4.78 is 13.9. The third-order valence-corrected chi connectivity index (χ3v) is 6.48. The topological polar surface area (TPSA) is 87.4 Å². The molecule has 2 aromatic carbocycles. The molecule has 1 amide bonds. The van der Waals surface area contributed by atoms with Crippen molar-refractivity contribution in [3.63, 3.8) is 0 Å². The summed E-state index contributed by atoms with van der Waals surface area (Å²) in [7, 11) is 3.02. The van der Waals surface area contributed by atoms with E-state index in [1.165, 1.54) is 18.9 Å². The summed E-state index contributed by atoms with van der Waals surface area (Å²) in [6, 6.07) is 11.9. The van der Waals surface area contributed by atoms with E-state index in [-0.39, 0.29) is 11.5 Å². The summed E-state index contributed by atoms with van der Waals surface area (Å²) in [4.78, 5) is 26.9. The Balaban J connectivity index is 1.78. The fourth-order valence-electron chi connectivity index (χ4n) is 4.46. The first-order valence-electron chi connectivity index (χ1n) is 11.2.